The van der Waals surface area contributed by atoms with Gasteiger partial charge in [-0.1, -0.05) is 38.5 Å². The predicted molar refractivity (Wildman–Crippen MR) is 72.2 cm³/mol. The molecule has 1 aliphatic heterocycles. The van der Waals surface area contributed by atoms with E-state index >= 15 is 0 Å². The van der Waals surface area contributed by atoms with Gasteiger partial charge in [0.1, 0.15) is 0 Å². The minimum atomic E-state index is 0.713. The molecule has 0 fully saturated rings. The molecule has 0 radical (unpaired) electrons. The second-order valence-corrected chi connectivity index (χ2v) is 5.78. The fraction of sp³-hybridized carbons (Fsp3) is 0.571. The van der Waals surface area contributed by atoms with Gasteiger partial charge in [0, 0.05) is 23.1 Å². The van der Waals surface area contributed by atoms with Crippen molar-refractivity contribution in [1.82, 2.24) is 5.32 Å². The van der Waals surface area contributed by atoms with E-state index in [4.69, 9.17) is 0 Å². The summed E-state index contributed by atoms with van der Waals surface area (Å²) in [5, 5.41) is 3.61. The topological polar surface area (TPSA) is 12.0 Å². The van der Waals surface area contributed by atoms with E-state index in [9.17, 15) is 0 Å². The minimum Gasteiger partial charge on any atom is -0.316 e. The van der Waals surface area contributed by atoms with Gasteiger partial charge in [0.2, 0.25) is 0 Å². The SMILES string of the molecule is CCC(C)CNCC1CSc2ccccc21. The molecule has 0 saturated carbocycles. The van der Waals surface area contributed by atoms with E-state index in [2.05, 4.69) is 43.4 Å². The van der Waals surface area contributed by atoms with Gasteiger partial charge in [0.15, 0.2) is 0 Å². The van der Waals surface area contributed by atoms with Crippen molar-refractivity contribution < 1.29 is 0 Å². The fourth-order valence-electron chi connectivity index (χ4n) is 2.05. The Labute approximate surface area is 103 Å². The third-order valence-electron chi connectivity index (χ3n) is 3.38. The molecule has 2 heteroatoms. The minimum absolute atomic E-state index is 0.713. The molecule has 0 amide bonds. The van der Waals surface area contributed by atoms with Gasteiger partial charge in [-0.05, 0) is 24.1 Å². The first kappa shape index (κ1) is 12.0. The summed E-state index contributed by atoms with van der Waals surface area (Å²) in [7, 11) is 0. The van der Waals surface area contributed by atoms with Gasteiger partial charge in [-0.2, -0.15) is 0 Å². The number of nitrogens with one attached hydrogen (secondary N) is 1. The van der Waals surface area contributed by atoms with Gasteiger partial charge in [-0.3, -0.25) is 0 Å². The largest absolute Gasteiger partial charge is 0.316 e. The van der Waals surface area contributed by atoms with Crippen molar-refractivity contribution in [2.45, 2.75) is 31.1 Å². The highest BCUT2D eigenvalue weighted by molar-refractivity contribution is 7.99. The van der Waals surface area contributed by atoms with Crippen molar-refractivity contribution in [1.29, 1.82) is 0 Å². The van der Waals surface area contributed by atoms with Gasteiger partial charge in [-0.15, -0.1) is 11.8 Å². The molecule has 1 aromatic carbocycles. The van der Waals surface area contributed by atoms with Crippen molar-refractivity contribution in [3.63, 3.8) is 0 Å². The van der Waals surface area contributed by atoms with Crippen LogP contribution < -0.4 is 5.32 Å². The number of hydrogen-bond acceptors (Lipinski definition) is 2. The molecule has 88 valence electrons. The summed E-state index contributed by atoms with van der Waals surface area (Å²) in [4.78, 5) is 1.48. The second-order valence-electron chi connectivity index (χ2n) is 4.72. The molecule has 1 aliphatic rings. The quantitative estimate of drug-likeness (QED) is 0.838. The van der Waals surface area contributed by atoms with Crippen LogP contribution in [0.5, 0.6) is 0 Å². The number of thioether (sulfide) groups is 1. The lowest BCUT2D eigenvalue weighted by Gasteiger charge is -2.14. The van der Waals surface area contributed by atoms with Gasteiger partial charge >= 0.3 is 0 Å². The Hall–Kier alpha value is -0.470. The molecular formula is C14H21NS. The number of fused-ring (bicyclic) bond motifs is 1. The zero-order valence-corrected chi connectivity index (χ0v) is 11.0. The van der Waals surface area contributed by atoms with Crippen LogP contribution >= 0.6 is 11.8 Å². The molecule has 2 rings (SSSR count). The molecule has 1 heterocycles. The lowest BCUT2D eigenvalue weighted by molar-refractivity contribution is 0.488. The van der Waals surface area contributed by atoms with Crippen molar-refractivity contribution in [3.8, 4) is 0 Å². The monoisotopic (exact) mass is 235 g/mol. The molecule has 0 bridgehead atoms. The summed E-state index contributed by atoms with van der Waals surface area (Å²) < 4.78 is 0. The number of rotatable bonds is 5. The molecule has 1 nitrogen and oxygen atoms in total. The molecule has 1 aromatic rings. The zero-order chi connectivity index (χ0) is 11.4. The zero-order valence-electron chi connectivity index (χ0n) is 10.2. The Morgan fingerprint density at radius 2 is 2.25 bits per heavy atom. The third-order valence-corrected chi connectivity index (χ3v) is 4.63. The maximum Gasteiger partial charge on any atom is 0.0108 e. The molecule has 2 atom stereocenters. The van der Waals surface area contributed by atoms with Crippen LogP contribution in [0, 0.1) is 5.92 Å². The summed E-state index contributed by atoms with van der Waals surface area (Å²) >= 11 is 2.00. The Morgan fingerprint density at radius 1 is 1.44 bits per heavy atom. The first-order chi connectivity index (χ1) is 7.81. The van der Waals surface area contributed by atoms with E-state index < -0.39 is 0 Å². The summed E-state index contributed by atoms with van der Waals surface area (Å²) in [6.45, 7) is 6.85. The van der Waals surface area contributed by atoms with E-state index in [0.29, 0.717) is 5.92 Å². The van der Waals surface area contributed by atoms with Crippen LogP contribution in [0.25, 0.3) is 0 Å². The van der Waals surface area contributed by atoms with Crippen LogP contribution in [0.2, 0.25) is 0 Å². The molecular weight excluding hydrogens is 214 g/mol. The standard InChI is InChI=1S/C14H21NS/c1-3-11(2)8-15-9-12-10-16-14-7-5-4-6-13(12)14/h4-7,11-12,15H,3,8-10H2,1-2H3. The van der Waals surface area contributed by atoms with Gasteiger partial charge in [0.25, 0.3) is 0 Å². The van der Waals surface area contributed by atoms with Crippen molar-refractivity contribution in [2.24, 2.45) is 5.92 Å². The highest BCUT2D eigenvalue weighted by Gasteiger charge is 2.21. The van der Waals surface area contributed by atoms with E-state index in [1.54, 1.807) is 5.56 Å². The van der Waals surface area contributed by atoms with E-state index in [-0.39, 0.29) is 0 Å². The first-order valence-electron chi connectivity index (χ1n) is 6.23. The van der Waals surface area contributed by atoms with Crippen LogP contribution in [0.15, 0.2) is 29.2 Å². The smallest absolute Gasteiger partial charge is 0.0108 e. The van der Waals surface area contributed by atoms with Gasteiger partial charge in [-0.25, -0.2) is 0 Å². The fourth-order valence-corrected chi connectivity index (χ4v) is 3.30. The lowest BCUT2D eigenvalue weighted by Crippen LogP contribution is -2.26. The van der Waals surface area contributed by atoms with Crippen LogP contribution in [0.4, 0.5) is 0 Å². The molecule has 1 N–H and O–H groups in total. The van der Waals surface area contributed by atoms with Gasteiger partial charge in [0.05, 0.1) is 0 Å². The number of benzene rings is 1. The molecule has 16 heavy (non-hydrogen) atoms. The van der Waals surface area contributed by atoms with Crippen LogP contribution in [-0.2, 0) is 0 Å². The molecule has 0 aromatic heterocycles. The predicted octanol–water partition coefficient (Wildman–Crippen LogP) is 3.51. The van der Waals surface area contributed by atoms with Crippen LogP contribution in [-0.4, -0.2) is 18.8 Å². The third kappa shape index (κ3) is 2.80. The average Bonchev–Trinajstić information content (AvgIpc) is 2.73. The summed E-state index contributed by atoms with van der Waals surface area (Å²) in [5.41, 5.74) is 1.55. The summed E-state index contributed by atoms with van der Waals surface area (Å²) in [5.74, 6) is 2.75. The van der Waals surface area contributed by atoms with Crippen molar-refractivity contribution in [2.75, 3.05) is 18.8 Å². The molecule has 0 aliphatic carbocycles. The Kier molecular flexibility index (Phi) is 4.30. The maximum absolute atomic E-state index is 3.61. The Bertz CT molecular complexity index is 337. The average molecular weight is 235 g/mol. The van der Waals surface area contributed by atoms with E-state index in [1.807, 2.05) is 11.8 Å². The molecule has 0 spiro atoms. The highest BCUT2D eigenvalue weighted by atomic mass is 32.2. The first-order valence-corrected chi connectivity index (χ1v) is 7.22. The lowest BCUT2D eigenvalue weighted by atomic mass is 10.0. The Balaban J connectivity index is 1.84. The second kappa shape index (κ2) is 5.74. The molecule has 2 unspecified atom stereocenters. The summed E-state index contributed by atoms with van der Waals surface area (Å²) in [6.07, 6.45) is 1.27. The van der Waals surface area contributed by atoms with E-state index in [0.717, 1.165) is 19.0 Å². The van der Waals surface area contributed by atoms with Gasteiger partial charge < -0.3 is 5.32 Å². The number of hydrogen-bond donors (Lipinski definition) is 1. The van der Waals surface area contributed by atoms with Crippen LogP contribution in [0.1, 0.15) is 31.7 Å². The van der Waals surface area contributed by atoms with Crippen LogP contribution in [0.3, 0.4) is 0 Å². The summed E-state index contributed by atoms with van der Waals surface area (Å²) in [6, 6.07) is 8.83. The Morgan fingerprint density at radius 3 is 3.06 bits per heavy atom. The van der Waals surface area contributed by atoms with E-state index in [1.165, 1.54) is 17.1 Å². The van der Waals surface area contributed by atoms with Crippen molar-refractivity contribution in [3.05, 3.63) is 29.8 Å². The normalized spacial score (nSPS) is 20.8. The maximum atomic E-state index is 3.61. The van der Waals surface area contributed by atoms with Crippen molar-refractivity contribution >= 4 is 11.8 Å². The highest BCUT2D eigenvalue weighted by Crippen LogP contribution is 2.38. The molecule has 0 saturated heterocycles.